The number of benzene rings is 2. The molecule has 8 rings (SSSR count). The highest BCUT2D eigenvalue weighted by atomic mass is 35.5. The molecule has 2 aromatic rings. The fourth-order valence-corrected chi connectivity index (χ4v) is 9.34. The maximum Gasteiger partial charge on any atom is 0.229 e. The van der Waals surface area contributed by atoms with Crippen molar-refractivity contribution in [3.8, 4) is 0 Å². The maximum atomic E-state index is 13.7. The van der Waals surface area contributed by atoms with Crippen molar-refractivity contribution in [1.29, 1.82) is 0 Å². The molecule has 3 saturated heterocycles. The van der Waals surface area contributed by atoms with E-state index in [2.05, 4.69) is 35.2 Å². The predicted octanol–water partition coefficient (Wildman–Crippen LogP) is 4.14. The summed E-state index contributed by atoms with van der Waals surface area (Å²) >= 11 is 6.10. The number of quaternary nitrogens is 1. The van der Waals surface area contributed by atoms with Crippen molar-refractivity contribution in [1.82, 2.24) is 0 Å². The van der Waals surface area contributed by atoms with Crippen LogP contribution in [0, 0.1) is 11.8 Å². The quantitative estimate of drug-likeness (QED) is 0.371. The number of Topliss-reactive ketones (excluding diaryl/α,β-unsaturated/α-hetero) is 1. The molecule has 7 atom stereocenters. The first-order valence-corrected chi connectivity index (χ1v) is 13.3. The average molecular weight is 488 g/mol. The molecular formula is C29H28ClN2O3+. The van der Waals surface area contributed by atoms with Gasteiger partial charge in [-0.05, 0) is 47.4 Å². The Kier molecular flexibility index (Phi) is 4.05. The molecule has 35 heavy (non-hydrogen) atoms. The van der Waals surface area contributed by atoms with Gasteiger partial charge in [-0.3, -0.25) is 9.59 Å². The summed E-state index contributed by atoms with van der Waals surface area (Å²) < 4.78 is 7.18. The lowest BCUT2D eigenvalue weighted by Gasteiger charge is -2.60. The van der Waals surface area contributed by atoms with Gasteiger partial charge in [-0.15, -0.1) is 0 Å². The summed E-state index contributed by atoms with van der Waals surface area (Å²) in [4.78, 5) is 29.4. The average Bonchev–Trinajstić information content (AvgIpc) is 3.29. The zero-order valence-electron chi connectivity index (χ0n) is 19.5. The molecule has 4 fully saturated rings. The van der Waals surface area contributed by atoms with Gasteiger partial charge in [0.25, 0.3) is 0 Å². The summed E-state index contributed by atoms with van der Waals surface area (Å²) in [6.07, 6.45) is 4.85. The molecule has 1 saturated carbocycles. The van der Waals surface area contributed by atoms with Gasteiger partial charge in [0.05, 0.1) is 37.1 Å². The number of amides is 1. The zero-order chi connectivity index (χ0) is 23.5. The summed E-state index contributed by atoms with van der Waals surface area (Å²) in [6.45, 7) is 2.96. The second-order valence-corrected chi connectivity index (χ2v) is 11.9. The lowest BCUT2D eigenvalue weighted by molar-refractivity contribution is -0.935. The molecule has 6 aliphatic rings. The van der Waals surface area contributed by atoms with Crippen molar-refractivity contribution < 1.29 is 18.8 Å². The number of fused-ring (bicyclic) bond motifs is 2. The highest BCUT2D eigenvalue weighted by Crippen LogP contribution is 2.67. The number of ether oxygens (including phenoxy) is 1. The van der Waals surface area contributed by atoms with Crippen LogP contribution in [0.4, 0.5) is 5.69 Å². The molecule has 5 nitrogen and oxygen atoms in total. The van der Waals surface area contributed by atoms with Gasteiger partial charge in [-0.25, -0.2) is 0 Å². The second kappa shape index (κ2) is 6.84. The number of ketones is 1. The molecule has 0 unspecified atom stereocenters. The fraction of sp³-hybridized carbons (Fsp3) is 0.448. The van der Waals surface area contributed by atoms with E-state index in [1.54, 1.807) is 0 Å². The standard InChI is InChI=1S/C29H28ClN2O3/c30-19-7-5-17(6-8-19)23(33)16-32-11-10-29-21-3-1-2-4-22(21)31-26(34)14-24-27(28(29)31)20(13-25(29)32)18(15-32)9-12-35-24/h1-9,20,24-25,27-28H,10-16H2/q+1/t20-,24-,25+,27+,28+,29+,32-/m0/s1. The van der Waals surface area contributed by atoms with E-state index in [0.29, 0.717) is 42.5 Å². The number of piperidine rings is 2. The topological polar surface area (TPSA) is 46.6 Å². The highest BCUT2D eigenvalue weighted by molar-refractivity contribution is 6.30. The van der Waals surface area contributed by atoms with E-state index in [-0.39, 0.29) is 29.3 Å². The van der Waals surface area contributed by atoms with Crippen molar-refractivity contribution >= 4 is 29.0 Å². The van der Waals surface area contributed by atoms with Crippen molar-refractivity contribution in [2.24, 2.45) is 11.8 Å². The van der Waals surface area contributed by atoms with Crippen molar-refractivity contribution in [3.63, 3.8) is 0 Å². The Morgan fingerprint density at radius 1 is 1.17 bits per heavy atom. The first-order chi connectivity index (χ1) is 17.0. The largest absolute Gasteiger partial charge is 0.373 e. The number of carbonyl (C=O) groups excluding carboxylic acids is 2. The highest BCUT2D eigenvalue weighted by Gasteiger charge is 2.76. The third-order valence-corrected chi connectivity index (χ3v) is 10.6. The minimum absolute atomic E-state index is 0.00839. The number of hydrogen-bond donors (Lipinski definition) is 0. The predicted molar refractivity (Wildman–Crippen MR) is 132 cm³/mol. The van der Waals surface area contributed by atoms with Crippen LogP contribution in [0.15, 0.2) is 60.2 Å². The van der Waals surface area contributed by atoms with E-state index in [9.17, 15) is 9.59 Å². The summed E-state index contributed by atoms with van der Waals surface area (Å²) in [5.41, 5.74) is 4.52. The Hall–Kier alpha value is -2.47. The van der Waals surface area contributed by atoms with Crippen LogP contribution in [-0.4, -0.2) is 60.6 Å². The molecule has 1 spiro atoms. The molecule has 5 heterocycles. The monoisotopic (exact) mass is 487 g/mol. The van der Waals surface area contributed by atoms with E-state index < -0.39 is 0 Å². The van der Waals surface area contributed by atoms with Crippen molar-refractivity contribution in [3.05, 3.63) is 76.3 Å². The number of hydrogen-bond acceptors (Lipinski definition) is 3. The number of halogens is 1. The van der Waals surface area contributed by atoms with Crippen molar-refractivity contribution in [2.75, 3.05) is 31.1 Å². The van der Waals surface area contributed by atoms with Crippen LogP contribution in [0.2, 0.25) is 5.02 Å². The normalized spacial score (nSPS) is 39.7. The third-order valence-electron chi connectivity index (χ3n) is 10.3. The Balaban J connectivity index is 1.31. The fourth-order valence-electron chi connectivity index (χ4n) is 9.21. The van der Waals surface area contributed by atoms with Gasteiger partial charge in [0.2, 0.25) is 11.7 Å². The van der Waals surface area contributed by atoms with Gasteiger partial charge in [0, 0.05) is 35.0 Å². The van der Waals surface area contributed by atoms with Crippen LogP contribution >= 0.6 is 11.6 Å². The molecule has 5 aliphatic heterocycles. The minimum Gasteiger partial charge on any atom is -0.373 e. The van der Waals surface area contributed by atoms with Gasteiger partial charge in [0.15, 0.2) is 0 Å². The number of carbonyl (C=O) groups is 2. The lowest BCUT2D eigenvalue weighted by Crippen LogP contribution is -2.73. The van der Waals surface area contributed by atoms with Gasteiger partial charge < -0.3 is 14.1 Å². The van der Waals surface area contributed by atoms with Crippen LogP contribution in [0.3, 0.4) is 0 Å². The maximum absolute atomic E-state index is 13.7. The molecule has 1 aliphatic carbocycles. The van der Waals surface area contributed by atoms with E-state index in [1.165, 1.54) is 11.1 Å². The van der Waals surface area contributed by atoms with Crippen LogP contribution in [0.25, 0.3) is 0 Å². The van der Waals surface area contributed by atoms with E-state index in [1.807, 2.05) is 24.3 Å². The van der Waals surface area contributed by atoms with Gasteiger partial charge in [-0.2, -0.15) is 0 Å². The third kappa shape index (κ3) is 2.47. The molecule has 1 amide bonds. The number of nitrogens with zero attached hydrogens (tertiary/aromatic N) is 2. The molecule has 0 N–H and O–H groups in total. The van der Waals surface area contributed by atoms with Crippen LogP contribution in [0.5, 0.6) is 0 Å². The summed E-state index contributed by atoms with van der Waals surface area (Å²) in [5, 5.41) is 0.649. The van der Waals surface area contributed by atoms with Crippen LogP contribution < -0.4 is 4.90 Å². The van der Waals surface area contributed by atoms with Crippen LogP contribution in [-0.2, 0) is 14.9 Å². The molecule has 6 heteroatoms. The van der Waals surface area contributed by atoms with E-state index in [4.69, 9.17) is 16.3 Å². The summed E-state index contributed by atoms with van der Waals surface area (Å²) in [6, 6.07) is 16.4. The first kappa shape index (κ1) is 20.7. The van der Waals surface area contributed by atoms with E-state index in [0.717, 1.165) is 41.7 Å². The lowest BCUT2D eigenvalue weighted by atomic mass is 9.53. The Morgan fingerprint density at radius 3 is 2.86 bits per heavy atom. The molecular weight excluding hydrogens is 460 g/mol. The molecule has 2 aromatic carbocycles. The smallest absolute Gasteiger partial charge is 0.229 e. The summed E-state index contributed by atoms with van der Waals surface area (Å²) in [5.74, 6) is 1.15. The van der Waals surface area contributed by atoms with Crippen LogP contribution in [0.1, 0.15) is 35.2 Å². The Bertz CT molecular complexity index is 1320. The first-order valence-electron chi connectivity index (χ1n) is 12.9. The second-order valence-electron chi connectivity index (χ2n) is 11.5. The van der Waals surface area contributed by atoms with Crippen molar-refractivity contribution in [2.45, 2.75) is 42.9 Å². The summed E-state index contributed by atoms with van der Waals surface area (Å²) in [7, 11) is 0. The van der Waals surface area contributed by atoms with Gasteiger partial charge in [-0.1, -0.05) is 35.9 Å². The van der Waals surface area contributed by atoms with Gasteiger partial charge in [0.1, 0.15) is 19.1 Å². The number of para-hydroxylation sites is 1. The molecule has 0 aromatic heterocycles. The number of rotatable bonds is 3. The SMILES string of the molecule is O=C(C[N@+]12CC[C@@]34c5ccccc5N5C(=O)C[C@@H]6OCC=C(C1)[C@H](C[C@H]32)[C@H]6[C@@H]54)c1ccc(Cl)cc1. The Labute approximate surface area is 209 Å². The zero-order valence-corrected chi connectivity index (χ0v) is 20.3. The minimum atomic E-state index is -0.106. The molecule has 178 valence electrons. The van der Waals surface area contributed by atoms with E-state index >= 15 is 0 Å². The number of anilines is 1. The molecule has 2 bridgehead atoms. The Morgan fingerprint density at radius 2 is 2.00 bits per heavy atom. The van der Waals surface area contributed by atoms with Gasteiger partial charge >= 0.3 is 0 Å². The molecule has 0 radical (unpaired) electrons.